The molecule has 0 aromatic carbocycles. The van der Waals surface area contributed by atoms with Gasteiger partial charge < -0.3 is 10.2 Å². The first-order chi connectivity index (χ1) is 11.3. The maximum absolute atomic E-state index is 10.3. The van der Waals surface area contributed by atoms with Crippen LogP contribution in [0.4, 0.5) is 0 Å². The predicted octanol–water partition coefficient (Wildman–Crippen LogP) is 5.19. The lowest BCUT2D eigenvalue weighted by Gasteiger charge is -1.94. The van der Waals surface area contributed by atoms with Gasteiger partial charge in [-0.25, -0.2) is 0 Å². The summed E-state index contributed by atoms with van der Waals surface area (Å²) in [7, 11) is 0. The Morgan fingerprint density at radius 3 is 2.04 bits per heavy atom. The van der Waals surface area contributed by atoms with Gasteiger partial charge in [0.2, 0.25) is 0 Å². The Kier molecular flexibility index (Phi) is 17.1. The van der Waals surface area contributed by atoms with Gasteiger partial charge >= 0.3 is 5.97 Å². The van der Waals surface area contributed by atoms with Crippen LogP contribution < -0.4 is 0 Å². The van der Waals surface area contributed by atoms with Crippen LogP contribution in [0.15, 0.2) is 48.6 Å². The van der Waals surface area contributed by atoms with Gasteiger partial charge in [0.05, 0.1) is 0 Å². The minimum atomic E-state index is -0.702. The zero-order valence-corrected chi connectivity index (χ0v) is 14.2. The van der Waals surface area contributed by atoms with Crippen LogP contribution in [-0.2, 0) is 4.79 Å². The second-order valence-electron chi connectivity index (χ2n) is 5.51. The third kappa shape index (κ3) is 20.4. The van der Waals surface area contributed by atoms with Crippen molar-refractivity contribution < 1.29 is 15.0 Å². The summed E-state index contributed by atoms with van der Waals surface area (Å²) < 4.78 is 0. The van der Waals surface area contributed by atoms with E-state index >= 15 is 0 Å². The number of aliphatic carboxylic acids is 1. The van der Waals surface area contributed by atoms with Crippen LogP contribution in [0.1, 0.15) is 64.2 Å². The lowest BCUT2D eigenvalue weighted by atomic mass is 10.1. The second kappa shape index (κ2) is 18.4. The summed E-state index contributed by atoms with van der Waals surface area (Å²) >= 11 is 0. The van der Waals surface area contributed by atoms with Crippen LogP contribution in [0.25, 0.3) is 0 Å². The van der Waals surface area contributed by atoms with Gasteiger partial charge in [0.15, 0.2) is 0 Å². The first-order valence-corrected chi connectivity index (χ1v) is 8.73. The maximum Gasteiger partial charge on any atom is 0.303 e. The first kappa shape index (κ1) is 21.4. The van der Waals surface area contributed by atoms with Gasteiger partial charge in [-0.3, -0.25) is 4.79 Å². The van der Waals surface area contributed by atoms with E-state index in [1.807, 2.05) is 24.3 Å². The topological polar surface area (TPSA) is 57.5 Å². The zero-order valence-electron chi connectivity index (χ0n) is 14.2. The molecule has 0 heterocycles. The largest absolute Gasteiger partial charge is 0.481 e. The third-order valence-electron chi connectivity index (χ3n) is 3.33. The number of carboxylic acids is 1. The average Bonchev–Trinajstić information content (AvgIpc) is 2.53. The van der Waals surface area contributed by atoms with E-state index < -0.39 is 5.97 Å². The second-order valence-corrected chi connectivity index (χ2v) is 5.51. The van der Waals surface area contributed by atoms with Crippen LogP contribution in [0.2, 0.25) is 0 Å². The molecule has 0 saturated carbocycles. The molecular weight excluding hydrogens is 288 g/mol. The Labute approximate surface area is 141 Å². The van der Waals surface area contributed by atoms with Crippen molar-refractivity contribution in [2.24, 2.45) is 0 Å². The van der Waals surface area contributed by atoms with E-state index in [-0.39, 0.29) is 6.42 Å². The Morgan fingerprint density at radius 1 is 0.696 bits per heavy atom. The molecule has 0 unspecified atom stereocenters. The molecule has 0 aromatic rings. The summed E-state index contributed by atoms with van der Waals surface area (Å²) in [5.41, 5.74) is 0. The van der Waals surface area contributed by atoms with Gasteiger partial charge in [0, 0.05) is 13.0 Å². The van der Waals surface area contributed by atoms with E-state index in [2.05, 4.69) is 24.3 Å². The average molecular weight is 320 g/mol. The van der Waals surface area contributed by atoms with E-state index in [0.717, 1.165) is 57.8 Å². The molecule has 0 radical (unpaired) electrons. The van der Waals surface area contributed by atoms with Crippen LogP contribution in [0, 0.1) is 0 Å². The number of carbonyl (C=O) groups is 1. The number of carboxylic acid groups (broad SMARTS) is 1. The molecule has 0 rings (SSSR count). The highest BCUT2D eigenvalue weighted by Crippen LogP contribution is 2.03. The summed E-state index contributed by atoms with van der Waals surface area (Å²) in [6.45, 7) is 0.304. The lowest BCUT2D eigenvalue weighted by molar-refractivity contribution is -0.137. The molecule has 130 valence electrons. The number of aliphatic hydroxyl groups excluding tert-OH is 1. The summed E-state index contributed by atoms with van der Waals surface area (Å²) in [5.74, 6) is -0.702. The molecule has 3 heteroatoms. The summed E-state index contributed by atoms with van der Waals surface area (Å²) in [5, 5.41) is 17.2. The SMILES string of the molecule is O=C(O)CCCCCC=CC=C/C=C/C/C=C\CCCCCO. The molecule has 23 heavy (non-hydrogen) atoms. The van der Waals surface area contributed by atoms with Crippen molar-refractivity contribution in [3.8, 4) is 0 Å². The zero-order chi connectivity index (χ0) is 17.0. The molecule has 3 nitrogen and oxygen atoms in total. The molecule has 0 aromatic heterocycles. The summed E-state index contributed by atoms with van der Waals surface area (Å²) in [6.07, 6.45) is 26.1. The summed E-state index contributed by atoms with van der Waals surface area (Å²) in [6, 6.07) is 0. The van der Waals surface area contributed by atoms with Crippen LogP contribution in [-0.4, -0.2) is 22.8 Å². The van der Waals surface area contributed by atoms with E-state index in [0.29, 0.717) is 6.61 Å². The molecule has 2 N–H and O–H groups in total. The molecule has 0 aliphatic heterocycles. The monoisotopic (exact) mass is 320 g/mol. The van der Waals surface area contributed by atoms with Crippen LogP contribution in [0.5, 0.6) is 0 Å². The van der Waals surface area contributed by atoms with Crippen molar-refractivity contribution in [1.82, 2.24) is 0 Å². The predicted molar refractivity (Wildman–Crippen MR) is 97.5 cm³/mol. The molecule has 0 aliphatic carbocycles. The van der Waals surface area contributed by atoms with Gasteiger partial charge in [-0.15, -0.1) is 0 Å². The molecular formula is C20H32O3. The minimum absolute atomic E-state index is 0.283. The number of unbranched alkanes of at least 4 members (excludes halogenated alkanes) is 6. The molecule has 0 amide bonds. The fourth-order valence-corrected chi connectivity index (χ4v) is 2.02. The number of aliphatic hydroxyl groups is 1. The van der Waals surface area contributed by atoms with Crippen LogP contribution in [0.3, 0.4) is 0 Å². The van der Waals surface area contributed by atoms with Gasteiger partial charge in [0.25, 0.3) is 0 Å². The van der Waals surface area contributed by atoms with Crippen molar-refractivity contribution in [3.63, 3.8) is 0 Å². The van der Waals surface area contributed by atoms with Gasteiger partial charge in [-0.1, -0.05) is 61.4 Å². The highest BCUT2D eigenvalue weighted by atomic mass is 16.4. The minimum Gasteiger partial charge on any atom is -0.481 e. The molecule has 0 bridgehead atoms. The van der Waals surface area contributed by atoms with Crippen molar-refractivity contribution >= 4 is 5.97 Å². The van der Waals surface area contributed by atoms with Gasteiger partial charge in [-0.2, -0.15) is 0 Å². The smallest absolute Gasteiger partial charge is 0.303 e. The molecule has 0 fully saturated rings. The third-order valence-corrected chi connectivity index (χ3v) is 3.33. The van der Waals surface area contributed by atoms with Crippen molar-refractivity contribution in [2.75, 3.05) is 6.61 Å². The fraction of sp³-hybridized carbons (Fsp3) is 0.550. The highest BCUT2D eigenvalue weighted by molar-refractivity contribution is 5.66. The van der Waals surface area contributed by atoms with Crippen LogP contribution >= 0.6 is 0 Å². The van der Waals surface area contributed by atoms with Crippen molar-refractivity contribution in [1.29, 1.82) is 0 Å². The lowest BCUT2D eigenvalue weighted by Crippen LogP contribution is -1.93. The first-order valence-electron chi connectivity index (χ1n) is 8.73. The van der Waals surface area contributed by atoms with E-state index in [1.54, 1.807) is 0 Å². The fourth-order valence-electron chi connectivity index (χ4n) is 2.02. The highest BCUT2D eigenvalue weighted by Gasteiger charge is 1.94. The van der Waals surface area contributed by atoms with Crippen molar-refractivity contribution in [2.45, 2.75) is 64.2 Å². The number of allylic oxidation sites excluding steroid dienone is 8. The maximum atomic E-state index is 10.3. The molecule has 0 atom stereocenters. The number of hydrogen-bond acceptors (Lipinski definition) is 2. The standard InChI is InChI=1S/C20H32O3/c21-19-17-15-13-11-9-7-5-3-1-2-4-6-8-10-12-14-16-18-20(22)23/h1-4,6-9,21H,5,10-19H2,(H,22,23)/b3-1+,4-2?,8-6?,9-7-. The Hall–Kier alpha value is -1.61. The Bertz CT molecular complexity index is 378. The van der Waals surface area contributed by atoms with E-state index in [1.165, 1.54) is 0 Å². The number of hydrogen-bond donors (Lipinski definition) is 2. The van der Waals surface area contributed by atoms with Crippen molar-refractivity contribution in [3.05, 3.63) is 48.6 Å². The molecule has 0 spiro atoms. The Morgan fingerprint density at radius 2 is 1.35 bits per heavy atom. The number of rotatable bonds is 15. The van der Waals surface area contributed by atoms with Gasteiger partial charge in [-0.05, 0) is 44.9 Å². The normalized spacial score (nSPS) is 12.4. The molecule has 0 aliphatic rings. The van der Waals surface area contributed by atoms with Gasteiger partial charge in [0.1, 0.15) is 0 Å². The molecule has 0 saturated heterocycles. The Balaban J connectivity index is 3.42. The summed E-state index contributed by atoms with van der Waals surface area (Å²) in [4.78, 5) is 10.3. The van der Waals surface area contributed by atoms with E-state index in [4.69, 9.17) is 10.2 Å². The van der Waals surface area contributed by atoms with E-state index in [9.17, 15) is 4.79 Å². The quantitative estimate of drug-likeness (QED) is 0.248.